The average Bonchev–Trinajstić information content (AvgIpc) is 2.17. The number of fused-ring (bicyclic) bond motifs is 1. The fraction of sp³-hybridized carbons (Fsp3) is 0.545. The number of nitrogens with zero attached hydrogens (tertiary/aromatic N) is 1. The fourth-order valence-electron chi connectivity index (χ4n) is 1.94. The molecule has 0 spiro atoms. The van der Waals surface area contributed by atoms with Crippen LogP contribution in [0.1, 0.15) is 29.7 Å². The van der Waals surface area contributed by atoms with Crippen molar-refractivity contribution < 1.29 is 0 Å². The maximum absolute atomic E-state index is 4.69. The Kier molecular flexibility index (Phi) is 2.58. The predicted molar refractivity (Wildman–Crippen MR) is 57.4 cm³/mol. The van der Waals surface area contributed by atoms with Crippen LogP contribution in [-0.2, 0) is 12.8 Å². The zero-order valence-corrected chi connectivity index (χ0v) is 9.08. The van der Waals surface area contributed by atoms with E-state index in [1.165, 1.54) is 47.5 Å². The highest BCUT2D eigenvalue weighted by Crippen LogP contribution is 2.25. The standard InChI is InChI=1S/C11H15NS/c1-8-7-9-5-3-4-6-10(9)12-11(8)13-2/h7H,3-6H2,1-2H3. The lowest BCUT2D eigenvalue weighted by molar-refractivity contribution is 0.659. The van der Waals surface area contributed by atoms with Crippen molar-refractivity contribution in [3.05, 3.63) is 22.9 Å². The predicted octanol–water partition coefficient (Wildman–Crippen LogP) is 2.99. The third-order valence-electron chi connectivity index (χ3n) is 2.64. The topological polar surface area (TPSA) is 12.9 Å². The lowest BCUT2D eigenvalue weighted by Gasteiger charge is -2.16. The van der Waals surface area contributed by atoms with Gasteiger partial charge < -0.3 is 0 Å². The van der Waals surface area contributed by atoms with E-state index in [-0.39, 0.29) is 0 Å². The van der Waals surface area contributed by atoms with Crippen LogP contribution in [0.2, 0.25) is 0 Å². The number of hydrogen-bond donors (Lipinski definition) is 0. The van der Waals surface area contributed by atoms with Gasteiger partial charge >= 0.3 is 0 Å². The molecule has 2 heteroatoms. The summed E-state index contributed by atoms with van der Waals surface area (Å²) in [5.41, 5.74) is 4.18. The first-order valence-electron chi connectivity index (χ1n) is 4.84. The smallest absolute Gasteiger partial charge is 0.0989 e. The van der Waals surface area contributed by atoms with E-state index in [0.717, 1.165) is 0 Å². The molecule has 70 valence electrons. The number of aryl methyl sites for hydroxylation is 3. The van der Waals surface area contributed by atoms with Crippen LogP contribution >= 0.6 is 11.8 Å². The number of hydrogen-bond acceptors (Lipinski definition) is 2. The van der Waals surface area contributed by atoms with Gasteiger partial charge in [-0.2, -0.15) is 0 Å². The summed E-state index contributed by atoms with van der Waals surface area (Å²) in [6.07, 6.45) is 7.18. The number of rotatable bonds is 1. The number of thioether (sulfide) groups is 1. The molecule has 1 heterocycles. The largest absolute Gasteiger partial charge is 0.246 e. The second kappa shape index (κ2) is 3.70. The maximum atomic E-state index is 4.69. The summed E-state index contributed by atoms with van der Waals surface area (Å²) in [5.74, 6) is 0. The van der Waals surface area contributed by atoms with Crippen molar-refractivity contribution in [1.82, 2.24) is 4.98 Å². The molecule has 0 aliphatic heterocycles. The Bertz CT molecular complexity index is 320. The van der Waals surface area contributed by atoms with Gasteiger partial charge in [0.05, 0.1) is 5.03 Å². The summed E-state index contributed by atoms with van der Waals surface area (Å²) in [4.78, 5) is 4.69. The van der Waals surface area contributed by atoms with Crippen molar-refractivity contribution in [3.63, 3.8) is 0 Å². The highest BCUT2D eigenvalue weighted by Gasteiger charge is 2.12. The molecule has 1 aliphatic rings. The molecule has 0 fully saturated rings. The monoisotopic (exact) mass is 193 g/mol. The van der Waals surface area contributed by atoms with Crippen LogP contribution in [0.5, 0.6) is 0 Å². The molecule has 0 bridgehead atoms. The van der Waals surface area contributed by atoms with E-state index in [1.807, 2.05) is 0 Å². The molecule has 1 nitrogen and oxygen atoms in total. The molecule has 1 aromatic rings. The molecule has 0 atom stereocenters. The van der Waals surface area contributed by atoms with Gasteiger partial charge in [-0.15, -0.1) is 11.8 Å². The molecule has 0 saturated heterocycles. The van der Waals surface area contributed by atoms with Gasteiger partial charge in [0.1, 0.15) is 0 Å². The zero-order chi connectivity index (χ0) is 9.26. The Hall–Kier alpha value is -0.500. The second-order valence-corrected chi connectivity index (χ2v) is 4.42. The summed E-state index contributed by atoms with van der Waals surface area (Å²) in [6, 6.07) is 2.33. The first kappa shape index (κ1) is 9.07. The quantitative estimate of drug-likeness (QED) is 0.636. The van der Waals surface area contributed by atoms with Gasteiger partial charge in [-0.25, -0.2) is 4.98 Å². The first-order chi connectivity index (χ1) is 6.31. The Balaban J connectivity index is 2.44. The highest BCUT2D eigenvalue weighted by atomic mass is 32.2. The van der Waals surface area contributed by atoms with Crippen LogP contribution < -0.4 is 0 Å². The lowest BCUT2D eigenvalue weighted by Crippen LogP contribution is -2.06. The van der Waals surface area contributed by atoms with Crippen molar-refractivity contribution >= 4 is 11.8 Å². The van der Waals surface area contributed by atoms with Crippen LogP contribution in [-0.4, -0.2) is 11.2 Å². The van der Waals surface area contributed by atoms with Crippen molar-refractivity contribution in [3.8, 4) is 0 Å². The number of pyridine rings is 1. The van der Waals surface area contributed by atoms with Crippen LogP contribution in [0.3, 0.4) is 0 Å². The molecule has 1 aromatic heterocycles. The summed E-state index contributed by atoms with van der Waals surface area (Å²) in [7, 11) is 0. The van der Waals surface area contributed by atoms with Gasteiger partial charge in [0.15, 0.2) is 0 Å². The zero-order valence-electron chi connectivity index (χ0n) is 8.26. The molecule has 1 aliphatic carbocycles. The fourth-order valence-corrected chi connectivity index (χ4v) is 2.52. The molecule has 13 heavy (non-hydrogen) atoms. The van der Waals surface area contributed by atoms with Gasteiger partial charge in [0, 0.05) is 5.69 Å². The third-order valence-corrected chi connectivity index (χ3v) is 3.44. The van der Waals surface area contributed by atoms with E-state index >= 15 is 0 Å². The Morgan fingerprint density at radius 1 is 1.31 bits per heavy atom. The first-order valence-corrected chi connectivity index (χ1v) is 6.07. The minimum absolute atomic E-state index is 1.18. The molecular weight excluding hydrogens is 178 g/mol. The minimum Gasteiger partial charge on any atom is -0.246 e. The molecule has 0 N–H and O–H groups in total. The van der Waals surface area contributed by atoms with E-state index in [1.54, 1.807) is 11.8 Å². The van der Waals surface area contributed by atoms with Gasteiger partial charge in [0.25, 0.3) is 0 Å². The van der Waals surface area contributed by atoms with E-state index in [0.29, 0.717) is 0 Å². The average molecular weight is 193 g/mol. The van der Waals surface area contributed by atoms with Crippen molar-refractivity contribution in [2.45, 2.75) is 37.6 Å². The SMILES string of the molecule is CSc1nc2c(cc1C)CCCC2. The summed E-state index contributed by atoms with van der Waals surface area (Å²) >= 11 is 1.76. The maximum Gasteiger partial charge on any atom is 0.0989 e. The molecule has 0 radical (unpaired) electrons. The third kappa shape index (κ3) is 1.73. The van der Waals surface area contributed by atoms with E-state index in [4.69, 9.17) is 4.98 Å². The van der Waals surface area contributed by atoms with Crippen molar-refractivity contribution in [2.75, 3.05) is 6.26 Å². The second-order valence-electron chi connectivity index (χ2n) is 3.63. The molecular formula is C11H15NS. The number of aromatic nitrogens is 1. The molecule has 0 unspecified atom stereocenters. The van der Waals surface area contributed by atoms with Crippen LogP contribution in [0.15, 0.2) is 11.1 Å². The van der Waals surface area contributed by atoms with Crippen LogP contribution in [0.25, 0.3) is 0 Å². The van der Waals surface area contributed by atoms with Gasteiger partial charge in [0.2, 0.25) is 0 Å². The Morgan fingerprint density at radius 2 is 2.08 bits per heavy atom. The normalized spacial score (nSPS) is 15.5. The lowest BCUT2D eigenvalue weighted by atomic mass is 9.95. The highest BCUT2D eigenvalue weighted by molar-refractivity contribution is 7.98. The van der Waals surface area contributed by atoms with Crippen LogP contribution in [0, 0.1) is 6.92 Å². The van der Waals surface area contributed by atoms with E-state index in [9.17, 15) is 0 Å². The van der Waals surface area contributed by atoms with Gasteiger partial charge in [-0.3, -0.25) is 0 Å². The minimum atomic E-state index is 1.18. The van der Waals surface area contributed by atoms with Gasteiger partial charge in [-0.1, -0.05) is 6.07 Å². The molecule has 0 amide bonds. The van der Waals surface area contributed by atoms with Gasteiger partial charge in [-0.05, 0) is 50.0 Å². The Labute approximate surface area is 84.0 Å². The van der Waals surface area contributed by atoms with E-state index in [2.05, 4.69) is 19.2 Å². The summed E-state index contributed by atoms with van der Waals surface area (Å²) in [6.45, 7) is 2.16. The molecule has 0 saturated carbocycles. The molecule has 0 aromatic carbocycles. The van der Waals surface area contributed by atoms with Crippen molar-refractivity contribution in [1.29, 1.82) is 0 Å². The van der Waals surface area contributed by atoms with Crippen molar-refractivity contribution in [2.24, 2.45) is 0 Å². The summed E-state index contributed by atoms with van der Waals surface area (Å²) < 4.78 is 0. The molecule has 2 rings (SSSR count). The van der Waals surface area contributed by atoms with Crippen LogP contribution in [0.4, 0.5) is 0 Å². The Morgan fingerprint density at radius 3 is 2.85 bits per heavy atom. The summed E-state index contributed by atoms with van der Waals surface area (Å²) in [5, 5.41) is 1.21. The van der Waals surface area contributed by atoms with E-state index < -0.39 is 0 Å².